The molecule has 0 saturated carbocycles. The molecule has 1 fully saturated rings. The molecule has 8 nitrogen and oxygen atoms in total. The van der Waals surface area contributed by atoms with Crippen LogP contribution < -0.4 is 15.5 Å². The molecule has 0 bridgehead atoms. The van der Waals surface area contributed by atoms with Crippen molar-refractivity contribution in [2.24, 2.45) is 7.05 Å². The van der Waals surface area contributed by atoms with E-state index in [0.717, 1.165) is 34.6 Å². The van der Waals surface area contributed by atoms with E-state index in [0.29, 0.717) is 18.5 Å². The van der Waals surface area contributed by atoms with Crippen molar-refractivity contribution in [3.63, 3.8) is 0 Å². The number of amides is 2. The number of benzene rings is 1. The second-order valence-electron chi connectivity index (χ2n) is 9.81. The molecule has 184 valence electrons. The van der Waals surface area contributed by atoms with Crippen molar-refractivity contribution in [2.75, 3.05) is 18.0 Å². The van der Waals surface area contributed by atoms with Crippen molar-refractivity contribution in [3.05, 3.63) is 52.2 Å². The van der Waals surface area contributed by atoms with Gasteiger partial charge in [-0.15, -0.1) is 11.3 Å². The summed E-state index contributed by atoms with van der Waals surface area (Å²) in [6, 6.07) is 13.3. The minimum atomic E-state index is -0.746. The van der Waals surface area contributed by atoms with Gasteiger partial charge in [0.1, 0.15) is 29.1 Å². The number of ether oxygens (including phenoxy) is 1. The van der Waals surface area contributed by atoms with Gasteiger partial charge in [-0.3, -0.25) is 4.79 Å². The summed E-state index contributed by atoms with van der Waals surface area (Å²) in [7, 11) is 1.96. The van der Waals surface area contributed by atoms with Crippen molar-refractivity contribution in [1.82, 2.24) is 15.2 Å². The van der Waals surface area contributed by atoms with E-state index in [4.69, 9.17) is 4.74 Å². The molecule has 2 N–H and O–H groups in total. The molecule has 2 atom stereocenters. The van der Waals surface area contributed by atoms with Crippen molar-refractivity contribution in [3.8, 4) is 6.07 Å². The van der Waals surface area contributed by atoms with Crippen LogP contribution in [0.2, 0.25) is 0 Å². The maximum Gasteiger partial charge on any atom is 0.408 e. The quantitative estimate of drug-likeness (QED) is 0.542. The fraction of sp³-hybridized carbons (Fsp3) is 0.423. The second-order valence-corrected chi connectivity index (χ2v) is 10.8. The summed E-state index contributed by atoms with van der Waals surface area (Å²) in [6.45, 7) is 6.67. The van der Waals surface area contributed by atoms with Crippen molar-refractivity contribution in [2.45, 2.75) is 51.3 Å². The van der Waals surface area contributed by atoms with E-state index in [9.17, 15) is 14.9 Å². The number of para-hydroxylation sites is 1. The molecule has 2 unspecified atom stereocenters. The lowest BCUT2D eigenvalue weighted by molar-refractivity contribution is -0.123. The number of fused-ring (bicyclic) bond motifs is 1. The molecule has 3 aromatic rings. The SMILES string of the molecule is Cn1c(N2CCC(NC(=O)C(Cc3cccs3)NC(=O)OC(C)(C)C)C2)c(C#N)c2ccccc21. The molecule has 9 heteroatoms. The smallest absolute Gasteiger partial charge is 0.408 e. The lowest BCUT2D eigenvalue weighted by Gasteiger charge is -2.24. The number of nitrogens with one attached hydrogen (secondary N) is 2. The van der Waals surface area contributed by atoms with Crippen LogP contribution in [-0.4, -0.2) is 47.3 Å². The number of hydrogen-bond donors (Lipinski definition) is 2. The van der Waals surface area contributed by atoms with Crippen LogP contribution in [0.1, 0.15) is 37.6 Å². The van der Waals surface area contributed by atoms with E-state index < -0.39 is 17.7 Å². The van der Waals surface area contributed by atoms with E-state index in [2.05, 4.69) is 21.6 Å². The Morgan fingerprint density at radius 2 is 2.03 bits per heavy atom. The Bertz CT molecular complexity index is 1250. The highest BCUT2D eigenvalue weighted by Crippen LogP contribution is 2.33. The first-order valence-electron chi connectivity index (χ1n) is 11.7. The van der Waals surface area contributed by atoms with Gasteiger partial charge in [-0.25, -0.2) is 4.79 Å². The van der Waals surface area contributed by atoms with Crippen molar-refractivity contribution < 1.29 is 14.3 Å². The summed E-state index contributed by atoms with van der Waals surface area (Å²) in [5.41, 5.74) is 0.998. The number of hydrogen-bond acceptors (Lipinski definition) is 6. The molecular weight excluding hydrogens is 462 g/mol. The fourth-order valence-corrected chi connectivity index (χ4v) is 5.27. The predicted molar refractivity (Wildman–Crippen MR) is 138 cm³/mol. The van der Waals surface area contributed by atoms with Gasteiger partial charge in [0.25, 0.3) is 0 Å². The van der Waals surface area contributed by atoms with E-state index in [1.54, 1.807) is 32.1 Å². The van der Waals surface area contributed by atoms with E-state index in [1.165, 1.54) is 0 Å². The molecule has 2 amide bonds. The molecule has 0 spiro atoms. The number of alkyl carbamates (subject to hydrolysis) is 1. The number of aromatic nitrogens is 1. The zero-order valence-corrected chi connectivity index (χ0v) is 21.3. The van der Waals surface area contributed by atoms with Gasteiger partial charge in [-0.2, -0.15) is 5.26 Å². The summed E-state index contributed by atoms with van der Waals surface area (Å²) in [5.74, 6) is 0.626. The van der Waals surface area contributed by atoms with E-state index in [-0.39, 0.29) is 11.9 Å². The van der Waals surface area contributed by atoms with Crippen LogP contribution in [0.4, 0.5) is 10.6 Å². The van der Waals surface area contributed by atoms with Crippen molar-refractivity contribution >= 4 is 40.1 Å². The summed E-state index contributed by atoms with van der Waals surface area (Å²) < 4.78 is 7.43. The Balaban J connectivity index is 1.47. The fourth-order valence-electron chi connectivity index (χ4n) is 4.52. The average Bonchev–Trinajstić information content (AvgIpc) is 3.52. The molecule has 2 aromatic heterocycles. The largest absolute Gasteiger partial charge is 0.444 e. The number of rotatable bonds is 6. The maximum atomic E-state index is 13.2. The van der Waals surface area contributed by atoms with Crippen LogP contribution in [0.3, 0.4) is 0 Å². The van der Waals surface area contributed by atoms with Gasteiger partial charge in [0.15, 0.2) is 0 Å². The van der Waals surface area contributed by atoms with Gasteiger partial charge in [0, 0.05) is 42.9 Å². The Hall–Kier alpha value is -3.51. The maximum absolute atomic E-state index is 13.2. The first-order valence-corrected chi connectivity index (χ1v) is 12.6. The van der Waals surface area contributed by atoms with E-state index in [1.807, 2.05) is 53.4 Å². The second kappa shape index (κ2) is 10.0. The van der Waals surface area contributed by atoms with Crippen LogP contribution in [-0.2, 0) is 23.0 Å². The Morgan fingerprint density at radius 3 is 2.71 bits per heavy atom. The van der Waals surface area contributed by atoms with E-state index >= 15 is 0 Å². The Kier molecular flexibility index (Phi) is 7.03. The van der Waals surface area contributed by atoms with Gasteiger partial charge in [0.2, 0.25) is 5.91 Å². The molecule has 3 heterocycles. The number of nitriles is 1. The normalized spacial score (nSPS) is 16.7. The molecule has 0 aliphatic carbocycles. The van der Waals surface area contributed by atoms with Crippen LogP contribution in [0.15, 0.2) is 41.8 Å². The summed E-state index contributed by atoms with van der Waals surface area (Å²) in [6.07, 6.45) is 0.522. The molecule has 35 heavy (non-hydrogen) atoms. The van der Waals surface area contributed by atoms with Crippen LogP contribution >= 0.6 is 11.3 Å². The van der Waals surface area contributed by atoms with Gasteiger partial charge in [-0.05, 0) is 44.7 Å². The minimum Gasteiger partial charge on any atom is -0.444 e. The first-order chi connectivity index (χ1) is 16.7. The molecule has 0 radical (unpaired) electrons. The molecular formula is C26H31N5O3S. The minimum absolute atomic E-state index is 0.0988. The van der Waals surface area contributed by atoms with Gasteiger partial charge in [0.05, 0.1) is 5.52 Å². The first kappa shape index (κ1) is 24.6. The molecule has 1 saturated heterocycles. The highest BCUT2D eigenvalue weighted by Gasteiger charge is 2.32. The summed E-state index contributed by atoms with van der Waals surface area (Å²) in [4.78, 5) is 28.8. The van der Waals surface area contributed by atoms with Crippen LogP contribution in [0.25, 0.3) is 10.9 Å². The summed E-state index contributed by atoms with van der Waals surface area (Å²) >= 11 is 1.54. The summed E-state index contributed by atoms with van der Waals surface area (Å²) in [5, 5.41) is 18.6. The monoisotopic (exact) mass is 493 g/mol. The number of anilines is 1. The van der Waals surface area contributed by atoms with Crippen LogP contribution in [0, 0.1) is 11.3 Å². The number of carbonyl (C=O) groups excluding carboxylic acids is 2. The van der Waals surface area contributed by atoms with Gasteiger partial charge >= 0.3 is 6.09 Å². The Labute approximate surface area is 209 Å². The molecule has 1 aromatic carbocycles. The number of aryl methyl sites for hydroxylation is 1. The van der Waals surface area contributed by atoms with Gasteiger partial charge in [-0.1, -0.05) is 24.3 Å². The van der Waals surface area contributed by atoms with Crippen LogP contribution in [0.5, 0.6) is 0 Å². The zero-order valence-electron chi connectivity index (χ0n) is 20.5. The third-order valence-electron chi connectivity index (χ3n) is 6.01. The average molecular weight is 494 g/mol. The predicted octanol–water partition coefficient (Wildman–Crippen LogP) is 3.94. The Morgan fingerprint density at radius 1 is 1.26 bits per heavy atom. The third-order valence-corrected chi connectivity index (χ3v) is 6.91. The molecule has 1 aliphatic rings. The number of thiophene rings is 1. The lowest BCUT2D eigenvalue weighted by Crippen LogP contribution is -2.52. The van der Waals surface area contributed by atoms with Crippen molar-refractivity contribution in [1.29, 1.82) is 5.26 Å². The topological polar surface area (TPSA) is 99.4 Å². The zero-order chi connectivity index (χ0) is 25.2. The number of carbonyl (C=O) groups is 2. The molecule has 4 rings (SSSR count). The standard InChI is InChI=1S/C26H31N5O3S/c1-26(2,3)34-25(33)29-21(14-18-8-7-13-35-18)23(32)28-17-11-12-31(16-17)24-20(15-27)19-9-5-6-10-22(19)30(24)4/h5-10,13,17,21H,11-12,14,16H2,1-4H3,(H,28,32)(H,29,33). The van der Waals surface area contributed by atoms with Gasteiger partial charge < -0.3 is 24.8 Å². The molecule has 1 aliphatic heterocycles. The highest BCUT2D eigenvalue weighted by atomic mass is 32.1. The third kappa shape index (κ3) is 5.60. The highest BCUT2D eigenvalue weighted by molar-refractivity contribution is 7.09. The lowest BCUT2D eigenvalue weighted by atomic mass is 10.1. The number of nitrogens with zero attached hydrogens (tertiary/aromatic N) is 3.